The van der Waals surface area contributed by atoms with Crippen molar-refractivity contribution in [1.29, 1.82) is 0 Å². The Balaban J connectivity index is 1.73. The molecular weight excluding hydrogens is 380 g/mol. The Bertz CT molecular complexity index is 871. The zero-order valence-electron chi connectivity index (χ0n) is 15.9. The number of amides is 2. The van der Waals surface area contributed by atoms with E-state index in [1.807, 2.05) is 19.9 Å². The molecule has 0 saturated heterocycles. The number of para-hydroxylation sites is 2. The van der Waals surface area contributed by atoms with Gasteiger partial charge in [-0.05, 0) is 49.2 Å². The number of nitrogens with zero attached hydrogens (tertiary/aromatic N) is 1. The van der Waals surface area contributed by atoms with Crippen LogP contribution in [0.4, 0.5) is 5.69 Å². The Morgan fingerprint density at radius 1 is 1.29 bits per heavy atom. The average molecular weight is 403 g/mol. The summed E-state index contributed by atoms with van der Waals surface area (Å²) in [6.45, 7) is 4.39. The molecule has 1 heterocycles. The van der Waals surface area contributed by atoms with Crippen LogP contribution in [-0.4, -0.2) is 37.6 Å². The highest BCUT2D eigenvalue weighted by molar-refractivity contribution is 6.31. The van der Waals surface area contributed by atoms with Crippen LogP contribution in [0, 0.1) is 6.92 Å². The van der Waals surface area contributed by atoms with Crippen molar-refractivity contribution in [3.05, 3.63) is 53.1 Å². The van der Waals surface area contributed by atoms with Crippen molar-refractivity contribution < 1.29 is 19.1 Å². The van der Waals surface area contributed by atoms with E-state index in [-0.39, 0.29) is 25.0 Å². The van der Waals surface area contributed by atoms with Gasteiger partial charge in [-0.1, -0.05) is 30.7 Å². The molecule has 1 aliphatic rings. The summed E-state index contributed by atoms with van der Waals surface area (Å²) in [5.41, 5.74) is 1.50. The van der Waals surface area contributed by atoms with Gasteiger partial charge in [0.25, 0.3) is 11.8 Å². The van der Waals surface area contributed by atoms with E-state index < -0.39 is 6.10 Å². The van der Waals surface area contributed by atoms with Crippen LogP contribution in [0.1, 0.15) is 18.9 Å². The molecule has 0 aliphatic carbocycles. The van der Waals surface area contributed by atoms with E-state index >= 15 is 0 Å². The van der Waals surface area contributed by atoms with Gasteiger partial charge in [-0.3, -0.25) is 9.59 Å². The van der Waals surface area contributed by atoms with Crippen LogP contribution in [0.2, 0.25) is 5.02 Å². The molecule has 2 aromatic carbocycles. The zero-order chi connectivity index (χ0) is 20.1. The molecule has 2 amide bonds. The van der Waals surface area contributed by atoms with Gasteiger partial charge < -0.3 is 19.7 Å². The second-order valence-electron chi connectivity index (χ2n) is 6.57. The Labute approximate surface area is 169 Å². The molecule has 0 saturated carbocycles. The normalized spacial score (nSPS) is 15.4. The fourth-order valence-corrected chi connectivity index (χ4v) is 3.02. The number of hydrogen-bond acceptors (Lipinski definition) is 4. The van der Waals surface area contributed by atoms with Crippen LogP contribution in [0.5, 0.6) is 11.5 Å². The lowest BCUT2D eigenvalue weighted by atomic mass is 10.1. The van der Waals surface area contributed by atoms with Crippen molar-refractivity contribution >= 4 is 29.1 Å². The number of carbonyl (C=O) groups is 2. The topological polar surface area (TPSA) is 67.9 Å². The predicted octanol–water partition coefficient (Wildman–Crippen LogP) is 3.35. The zero-order valence-corrected chi connectivity index (χ0v) is 16.7. The maximum atomic E-state index is 12.9. The molecule has 3 rings (SSSR count). The lowest BCUT2D eigenvalue weighted by Crippen LogP contribution is -2.51. The fourth-order valence-electron chi connectivity index (χ4n) is 2.90. The Kier molecular flexibility index (Phi) is 6.41. The predicted molar refractivity (Wildman–Crippen MR) is 108 cm³/mol. The van der Waals surface area contributed by atoms with Gasteiger partial charge in [0, 0.05) is 11.6 Å². The summed E-state index contributed by atoms with van der Waals surface area (Å²) in [7, 11) is 0. The number of rotatable bonds is 6. The molecule has 28 heavy (non-hydrogen) atoms. The van der Waals surface area contributed by atoms with Crippen molar-refractivity contribution in [3.63, 3.8) is 0 Å². The number of anilines is 1. The van der Waals surface area contributed by atoms with Crippen LogP contribution in [0.3, 0.4) is 0 Å². The van der Waals surface area contributed by atoms with E-state index in [0.717, 1.165) is 12.0 Å². The van der Waals surface area contributed by atoms with Gasteiger partial charge in [0.2, 0.25) is 0 Å². The van der Waals surface area contributed by atoms with Crippen molar-refractivity contribution in [2.24, 2.45) is 0 Å². The van der Waals surface area contributed by atoms with Crippen molar-refractivity contribution in [2.75, 3.05) is 24.6 Å². The first-order chi connectivity index (χ1) is 13.5. The minimum absolute atomic E-state index is 0.133. The van der Waals surface area contributed by atoms with Crippen LogP contribution >= 0.6 is 11.6 Å². The van der Waals surface area contributed by atoms with Gasteiger partial charge in [0.1, 0.15) is 11.5 Å². The average Bonchev–Trinajstić information content (AvgIpc) is 2.71. The number of aryl methyl sites for hydroxylation is 1. The van der Waals surface area contributed by atoms with Crippen LogP contribution in [0.15, 0.2) is 42.5 Å². The monoisotopic (exact) mass is 402 g/mol. The van der Waals surface area contributed by atoms with Gasteiger partial charge in [-0.2, -0.15) is 0 Å². The standard InChI is InChI=1S/C21H23ClN2O4/c1-3-10-23-21(26)19-12-24(17-6-4-5-7-18(17)28-19)20(25)13-27-15-8-9-16(22)14(2)11-15/h4-9,11,19H,3,10,12-13H2,1-2H3,(H,23,26)/t19-/m1/s1. The van der Waals surface area contributed by atoms with E-state index in [9.17, 15) is 9.59 Å². The number of nitrogens with one attached hydrogen (secondary N) is 1. The highest BCUT2D eigenvalue weighted by Gasteiger charge is 2.33. The van der Waals surface area contributed by atoms with Gasteiger partial charge in [-0.25, -0.2) is 0 Å². The summed E-state index contributed by atoms with van der Waals surface area (Å²) in [5.74, 6) is 0.579. The quantitative estimate of drug-likeness (QED) is 0.804. The first-order valence-electron chi connectivity index (χ1n) is 9.22. The largest absolute Gasteiger partial charge is 0.484 e. The maximum absolute atomic E-state index is 12.9. The molecular formula is C21H23ClN2O4. The summed E-state index contributed by atoms with van der Waals surface area (Å²) in [5, 5.41) is 3.46. The lowest BCUT2D eigenvalue weighted by Gasteiger charge is -2.34. The summed E-state index contributed by atoms with van der Waals surface area (Å²) in [4.78, 5) is 26.8. The minimum Gasteiger partial charge on any atom is -0.484 e. The Hall–Kier alpha value is -2.73. The summed E-state index contributed by atoms with van der Waals surface area (Å²) < 4.78 is 11.4. The molecule has 1 atom stereocenters. The first kappa shape index (κ1) is 20.0. The van der Waals surface area contributed by atoms with E-state index in [1.54, 1.807) is 36.4 Å². The molecule has 0 bridgehead atoms. The van der Waals surface area contributed by atoms with Crippen molar-refractivity contribution in [1.82, 2.24) is 5.32 Å². The highest BCUT2D eigenvalue weighted by atomic mass is 35.5. The van der Waals surface area contributed by atoms with Gasteiger partial charge in [0.15, 0.2) is 12.7 Å². The van der Waals surface area contributed by atoms with E-state index in [1.165, 1.54) is 4.90 Å². The Morgan fingerprint density at radius 2 is 2.07 bits per heavy atom. The number of benzene rings is 2. The number of hydrogen-bond donors (Lipinski definition) is 1. The second kappa shape index (κ2) is 8.97. The summed E-state index contributed by atoms with van der Waals surface area (Å²) in [6.07, 6.45) is 0.0645. The molecule has 1 N–H and O–H groups in total. The molecule has 0 radical (unpaired) electrons. The molecule has 0 unspecified atom stereocenters. The van der Waals surface area contributed by atoms with Crippen LogP contribution < -0.4 is 19.7 Å². The smallest absolute Gasteiger partial charge is 0.265 e. The molecule has 6 nitrogen and oxygen atoms in total. The SMILES string of the molecule is CCCNC(=O)[C@H]1CN(C(=O)COc2ccc(Cl)c(C)c2)c2ccccc2O1. The third-order valence-electron chi connectivity index (χ3n) is 4.41. The molecule has 0 aromatic heterocycles. The van der Waals surface area contributed by atoms with E-state index in [2.05, 4.69) is 5.32 Å². The number of ether oxygens (including phenoxy) is 2. The summed E-state index contributed by atoms with van der Waals surface area (Å²) in [6, 6.07) is 12.4. The number of halogens is 1. The van der Waals surface area contributed by atoms with E-state index in [0.29, 0.717) is 28.8 Å². The lowest BCUT2D eigenvalue weighted by molar-refractivity contribution is -0.128. The Morgan fingerprint density at radius 3 is 2.82 bits per heavy atom. The maximum Gasteiger partial charge on any atom is 0.265 e. The molecule has 0 fully saturated rings. The van der Waals surface area contributed by atoms with Gasteiger partial charge in [-0.15, -0.1) is 0 Å². The van der Waals surface area contributed by atoms with Crippen molar-refractivity contribution in [2.45, 2.75) is 26.4 Å². The van der Waals surface area contributed by atoms with Crippen LogP contribution in [0.25, 0.3) is 0 Å². The first-order valence-corrected chi connectivity index (χ1v) is 9.60. The highest BCUT2D eigenvalue weighted by Crippen LogP contribution is 2.33. The molecule has 2 aromatic rings. The molecule has 7 heteroatoms. The third kappa shape index (κ3) is 4.57. The van der Waals surface area contributed by atoms with Crippen LogP contribution in [-0.2, 0) is 9.59 Å². The minimum atomic E-state index is -0.761. The van der Waals surface area contributed by atoms with Gasteiger partial charge in [0.05, 0.1) is 12.2 Å². The molecule has 148 valence electrons. The summed E-state index contributed by atoms with van der Waals surface area (Å²) >= 11 is 6.02. The van der Waals surface area contributed by atoms with Gasteiger partial charge >= 0.3 is 0 Å². The molecule has 0 spiro atoms. The van der Waals surface area contributed by atoms with E-state index in [4.69, 9.17) is 21.1 Å². The van der Waals surface area contributed by atoms with Crippen molar-refractivity contribution in [3.8, 4) is 11.5 Å². The third-order valence-corrected chi connectivity index (χ3v) is 4.83. The molecule has 1 aliphatic heterocycles. The second-order valence-corrected chi connectivity index (χ2v) is 6.98. The number of carbonyl (C=O) groups excluding carboxylic acids is 2. The number of fused-ring (bicyclic) bond motifs is 1. The fraction of sp³-hybridized carbons (Fsp3) is 0.333.